The Hall–Kier alpha value is -2.17. The second-order valence-electron chi connectivity index (χ2n) is 4.64. The molecule has 0 aliphatic rings. The lowest BCUT2D eigenvalue weighted by Crippen LogP contribution is -2.19. The van der Waals surface area contributed by atoms with E-state index in [-0.39, 0.29) is 5.82 Å². The highest BCUT2D eigenvalue weighted by Crippen LogP contribution is 2.18. The Morgan fingerprint density at radius 2 is 2.00 bits per heavy atom. The van der Waals surface area contributed by atoms with E-state index >= 15 is 0 Å². The molecule has 0 spiro atoms. The van der Waals surface area contributed by atoms with E-state index in [0.29, 0.717) is 17.9 Å². The summed E-state index contributed by atoms with van der Waals surface area (Å²) in [5, 5.41) is 3.17. The van der Waals surface area contributed by atoms with Gasteiger partial charge in [-0.2, -0.15) is 0 Å². The van der Waals surface area contributed by atoms with Crippen LogP contribution in [0, 0.1) is 12.7 Å². The largest absolute Gasteiger partial charge is 0.370 e. The van der Waals surface area contributed by atoms with Crippen LogP contribution in [-0.4, -0.2) is 23.6 Å². The van der Waals surface area contributed by atoms with Crippen molar-refractivity contribution in [1.82, 2.24) is 9.97 Å². The molecule has 0 unspecified atom stereocenters. The van der Waals surface area contributed by atoms with Crippen molar-refractivity contribution >= 4 is 11.6 Å². The van der Waals surface area contributed by atoms with Crippen LogP contribution in [0.4, 0.5) is 16.0 Å². The summed E-state index contributed by atoms with van der Waals surface area (Å²) in [6.45, 7) is 5.13. The standard InChI is InChI=1S/C15H19FN4/c1-4-17-14-9-15(19-11(2)18-14)20(3)10-12-7-5-6-8-13(12)16/h5-9H,4,10H2,1-3H3,(H,17,18,19). The minimum atomic E-state index is -0.197. The molecule has 0 saturated carbocycles. The van der Waals surface area contributed by atoms with Crippen molar-refractivity contribution in [3.05, 3.63) is 47.5 Å². The fraction of sp³-hybridized carbons (Fsp3) is 0.333. The summed E-state index contributed by atoms with van der Waals surface area (Å²) in [6.07, 6.45) is 0. The number of benzene rings is 1. The van der Waals surface area contributed by atoms with Gasteiger partial charge in [0.25, 0.3) is 0 Å². The molecule has 1 aromatic carbocycles. The van der Waals surface area contributed by atoms with Gasteiger partial charge in [-0.3, -0.25) is 0 Å². The zero-order valence-corrected chi connectivity index (χ0v) is 12.0. The molecule has 0 aliphatic heterocycles. The zero-order chi connectivity index (χ0) is 14.5. The Labute approximate surface area is 118 Å². The topological polar surface area (TPSA) is 41.0 Å². The van der Waals surface area contributed by atoms with Gasteiger partial charge >= 0.3 is 0 Å². The summed E-state index contributed by atoms with van der Waals surface area (Å²) in [5.41, 5.74) is 0.649. The predicted molar refractivity (Wildman–Crippen MR) is 79.4 cm³/mol. The first-order valence-corrected chi connectivity index (χ1v) is 6.64. The van der Waals surface area contributed by atoms with Gasteiger partial charge in [0.1, 0.15) is 23.3 Å². The van der Waals surface area contributed by atoms with E-state index < -0.39 is 0 Å². The molecule has 0 fully saturated rings. The van der Waals surface area contributed by atoms with Gasteiger partial charge in [0.2, 0.25) is 0 Å². The summed E-state index contributed by atoms with van der Waals surface area (Å²) in [6, 6.07) is 8.65. The molecule has 2 aromatic rings. The molecule has 2 rings (SSSR count). The molecule has 0 radical (unpaired) electrons. The van der Waals surface area contributed by atoms with E-state index in [1.54, 1.807) is 12.1 Å². The third kappa shape index (κ3) is 3.44. The number of halogens is 1. The van der Waals surface area contributed by atoms with Crippen LogP contribution in [0.5, 0.6) is 0 Å². The molecular weight excluding hydrogens is 255 g/mol. The summed E-state index contributed by atoms with van der Waals surface area (Å²) in [4.78, 5) is 10.6. The summed E-state index contributed by atoms with van der Waals surface area (Å²) in [5.74, 6) is 2.06. The van der Waals surface area contributed by atoms with E-state index in [2.05, 4.69) is 15.3 Å². The summed E-state index contributed by atoms with van der Waals surface area (Å²) in [7, 11) is 1.89. The summed E-state index contributed by atoms with van der Waals surface area (Å²) >= 11 is 0. The van der Waals surface area contributed by atoms with Crippen LogP contribution in [0.15, 0.2) is 30.3 Å². The van der Waals surface area contributed by atoms with E-state index in [9.17, 15) is 4.39 Å². The molecule has 0 amide bonds. The molecule has 106 valence electrons. The average molecular weight is 274 g/mol. The van der Waals surface area contributed by atoms with Gasteiger partial charge in [0.05, 0.1) is 0 Å². The van der Waals surface area contributed by atoms with Crippen molar-refractivity contribution < 1.29 is 4.39 Å². The minimum absolute atomic E-state index is 0.197. The van der Waals surface area contributed by atoms with Crippen molar-refractivity contribution in [2.45, 2.75) is 20.4 Å². The maximum atomic E-state index is 13.7. The molecule has 0 saturated heterocycles. The van der Waals surface area contributed by atoms with Crippen molar-refractivity contribution in [3.8, 4) is 0 Å². The van der Waals surface area contributed by atoms with Gasteiger partial charge in [0.15, 0.2) is 0 Å². The second kappa shape index (κ2) is 6.32. The van der Waals surface area contributed by atoms with Crippen LogP contribution in [0.2, 0.25) is 0 Å². The first kappa shape index (κ1) is 14.2. The third-order valence-corrected chi connectivity index (χ3v) is 2.94. The fourth-order valence-corrected chi connectivity index (χ4v) is 1.98. The highest BCUT2D eigenvalue weighted by molar-refractivity contribution is 5.49. The van der Waals surface area contributed by atoms with Gasteiger partial charge in [-0.05, 0) is 19.9 Å². The number of hydrogen-bond acceptors (Lipinski definition) is 4. The van der Waals surface area contributed by atoms with Crippen LogP contribution in [0.3, 0.4) is 0 Å². The Morgan fingerprint density at radius 1 is 1.25 bits per heavy atom. The van der Waals surface area contributed by atoms with Gasteiger partial charge in [-0.15, -0.1) is 0 Å². The number of nitrogens with zero attached hydrogens (tertiary/aromatic N) is 3. The Bertz CT molecular complexity index is 586. The SMILES string of the molecule is CCNc1cc(N(C)Cc2ccccc2F)nc(C)n1. The quantitative estimate of drug-likeness (QED) is 0.910. The number of aryl methyl sites for hydroxylation is 1. The Balaban J connectivity index is 2.20. The number of aromatic nitrogens is 2. The normalized spacial score (nSPS) is 10.4. The lowest BCUT2D eigenvalue weighted by atomic mass is 10.2. The lowest BCUT2D eigenvalue weighted by Gasteiger charge is -2.19. The second-order valence-corrected chi connectivity index (χ2v) is 4.64. The van der Waals surface area contributed by atoms with Gasteiger partial charge in [-0.25, -0.2) is 14.4 Å². The third-order valence-electron chi connectivity index (χ3n) is 2.94. The van der Waals surface area contributed by atoms with E-state index in [4.69, 9.17) is 0 Å². The number of nitrogens with one attached hydrogen (secondary N) is 1. The van der Waals surface area contributed by atoms with Crippen molar-refractivity contribution in [2.24, 2.45) is 0 Å². The summed E-state index contributed by atoms with van der Waals surface area (Å²) < 4.78 is 13.7. The average Bonchev–Trinajstić information content (AvgIpc) is 2.41. The minimum Gasteiger partial charge on any atom is -0.370 e. The molecule has 4 nitrogen and oxygen atoms in total. The van der Waals surface area contributed by atoms with E-state index in [1.165, 1.54) is 6.07 Å². The fourth-order valence-electron chi connectivity index (χ4n) is 1.98. The molecule has 0 bridgehead atoms. The van der Waals surface area contributed by atoms with Crippen molar-refractivity contribution in [2.75, 3.05) is 23.8 Å². The smallest absolute Gasteiger partial charge is 0.134 e. The first-order chi connectivity index (χ1) is 9.60. The molecule has 0 atom stereocenters. The van der Waals surface area contributed by atoms with Gasteiger partial charge in [0, 0.05) is 31.8 Å². The molecule has 0 aliphatic carbocycles. The van der Waals surface area contributed by atoms with Crippen LogP contribution in [-0.2, 0) is 6.54 Å². The van der Waals surface area contributed by atoms with Crippen LogP contribution in [0.1, 0.15) is 18.3 Å². The molecule has 1 heterocycles. The predicted octanol–water partition coefficient (Wildman–Crippen LogP) is 2.99. The number of hydrogen-bond donors (Lipinski definition) is 1. The highest BCUT2D eigenvalue weighted by Gasteiger charge is 2.09. The molecule has 1 N–H and O–H groups in total. The lowest BCUT2D eigenvalue weighted by molar-refractivity contribution is 0.607. The van der Waals surface area contributed by atoms with E-state index in [1.807, 2.05) is 37.9 Å². The number of rotatable bonds is 5. The Morgan fingerprint density at radius 3 is 2.70 bits per heavy atom. The zero-order valence-electron chi connectivity index (χ0n) is 12.0. The van der Waals surface area contributed by atoms with Crippen molar-refractivity contribution in [3.63, 3.8) is 0 Å². The Kier molecular flexibility index (Phi) is 4.50. The van der Waals surface area contributed by atoms with Crippen LogP contribution in [0.25, 0.3) is 0 Å². The maximum Gasteiger partial charge on any atom is 0.134 e. The monoisotopic (exact) mass is 274 g/mol. The molecule has 1 aromatic heterocycles. The van der Waals surface area contributed by atoms with Crippen LogP contribution < -0.4 is 10.2 Å². The van der Waals surface area contributed by atoms with E-state index in [0.717, 1.165) is 18.2 Å². The molecular formula is C15H19FN4. The maximum absolute atomic E-state index is 13.7. The molecule has 20 heavy (non-hydrogen) atoms. The highest BCUT2D eigenvalue weighted by atomic mass is 19.1. The van der Waals surface area contributed by atoms with Gasteiger partial charge < -0.3 is 10.2 Å². The first-order valence-electron chi connectivity index (χ1n) is 6.64. The molecule has 5 heteroatoms. The van der Waals surface area contributed by atoms with Gasteiger partial charge in [-0.1, -0.05) is 18.2 Å². The van der Waals surface area contributed by atoms with Crippen molar-refractivity contribution in [1.29, 1.82) is 0 Å². The van der Waals surface area contributed by atoms with Crippen LogP contribution >= 0.6 is 0 Å². The number of anilines is 2.